The van der Waals surface area contributed by atoms with E-state index in [2.05, 4.69) is 4.98 Å². The number of hydrogen-bond acceptors (Lipinski definition) is 3. The third-order valence-electron chi connectivity index (χ3n) is 2.47. The number of aryl methyl sites for hydroxylation is 2. The molecule has 0 radical (unpaired) electrons. The Morgan fingerprint density at radius 3 is 2.00 bits per heavy atom. The summed E-state index contributed by atoms with van der Waals surface area (Å²) in [6.07, 6.45) is 0. The molecule has 5 heteroatoms. The fourth-order valence-corrected chi connectivity index (χ4v) is 3.05. The molecule has 0 saturated heterocycles. The van der Waals surface area contributed by atoms with Gasteiger partial charge in [0.25, 0.3) is 0 Å². The normalized spacial score (nSPS) is 10.7. The smallest absolute Gasteiger partial charge is 0.0773 e. The summed E-state index contributed by atoms with van der Waals surface area (Å²) in [6.45, 7) is 3.75. The molecule has 0 saturated carbocycles. The van der Waals surface area contributed by atoms with Crippen molar-refractivity contribution in [1.82, 2.24) is 4.98 Å². The van der Waals surface area contributed by atoms with Crippen molar-refractivity contribution >= 4 is 40.7 Å². The van der Waals surface area contributed by atoms with Gasteiger partial charge in [0.15, 0.2) is 0 Å². The zero-order valence-corrected chi connectivity index (χ0v) is 12.3. The molecular weight excluding hydrogens is 287 g/mol. The van der Waals surface area contributed by atoms with Gasteiger partial charge in [-0.05, 0) is 38.1 Å². The first-order chi connectivity index (χ1) is 8.49. The minimum Gasteiger partial charge on any atom is -0.399 e. The fraction of sp³-hybridized carbons (Fsp3) is 0.154. The summed E-state index contributed by atoms with van der Waals surface area (Å²) in [7, 11) is 0. The second-order valence-corrected chi connectivity index (χ2v) is 5.75. The SMILES string of the molecule is Cc1nc(C)c(Cl)c(Sc2ccc(N)cc2)c1Cl. The summed E-state index contributed by atoms with van der Waals surface area (Å²) in [5.41, 5.74) is 7.97. The molecule has 1 aromatic carbocycles. The van der Waals surface area contributed by atoms with Crippen molar-refractivity contribution in [3.8, 4) is 0 Å². The van der Waals surface area contributed by atoms with Crippen molar-refractivity contribution in [2.45, 2.75) is 23.6 Å². The molecule has 0 atom stereocenters. The van der Waals surface area contributed by atoms with E-state index in [1.807, 2.05) is 38.1 Å². The molecule has 18 heavy (non-hydrogen) atoms. The van der Waals surface area contributed by atoms with Crippen LogP contribution in [-0.2, 0) is 0 Å². The molecule has 2 nitrogen and oxygen atoms in total. The van der Waals surface area contributed by atoms with Gasteiger partial charge < -0.3 is 5.73 Å². The van der Waals surface area contributed by atoms with E-state index in [9.17, 15) is 0 Å². The predicted molar refractivity (Wildman–Crippen MR) is 78.7 cm³/mol. The number of aromatic nitrogens is 1. The molecule has 1 heterocycles. The molecule has 94 valence electrons. The summed E-state index contributed by atoms with van der Waals surface area (Å²) in [5.74, 6) is 0. The number of rotatable bonds is 2. The molecule has 0 unspecified atom stereocenters. The van der Waals surface area contributed by atoms with E-state index in [1.165, 1.54) is 11.8 Å². The van der Waals surface area contributed by atoms with Crippen LogP contribution >= 0.6 is 35.0 Å². The number of nitrogen functional groups attached to an aromatic ring is 1. The van der Waals surface area contributed by atoms with Gasteiger partial charge in [0, 0.05) is 10.6 Å². The molecule has 0 aliphatic heterocycles. The van der Waals surface area contributed by atoms with Crippen LogP contribution in [0, 0.1) is 13.8 Å². The Kier molecular flexibility index (Phi) is 4.05. The number of nitrogens with zero attached hydrogens (tertiary/aromatic N) is 1. The summed E-state index contributed by atoms with van der Waals surface area (Å²) in [4.78, 5) is 6.17. The highest BCUT2D eigenvalue weighted by Crippen LogP contribution is 2.40. The Morgan fingerprint density at radius 1 is 1.00 bits per heavy atom. The standard InChI is InChI=1S/C13H12Cl2N2S/c1-7-11(14)13(12(15)8(2)17-7)18-10-5-3-9(16)4-6-10/h3-6H,16H2,1-2H3. The summed E-state index contributed by atoms with van der Waals surface area (Å²) < 4.78 is 0. The van der Waals surface area contributed by atoms with E-state index in [-0.39, 0.29) is 0 Å². The van der Waals surface area contributed by atoms with Gasteiger partial charge >= 0.3 is 0 Å². The van der Waals surface area contributed by atoms with Crippen molar-refractivity contribution < 1.29 is 0 Å². The lowest BCUT2D eigenvalue weighted by atomic mass is 10.3. The van der Waals surface area contributed by atoms with Crippen molar-refractivity contribution in [3.05, 3.63) is 45.7 Å². The lowest BCUT2D eigenvalue weighted by molar-refractivity contribution is 1.09. The lowest BCUT2D eigenvalue weighted by Crippen LogP contribution is -1.92. The first-order valence-electron chi connectivity index (χ1n) is 5.34. The first-order valence-corrected chi connectivity index (χ1v) is 6.92. The maximum Gasteiger partial charge on any atom is 0.0773 e. The monoisotopic (exact) mass is 298 g/mol. The van der Waals surface area contributed by atoms with E-state index in [0.29, 0.717) is 10.0 Å². The van der Waals surface area contributed by atoms with Gasteiger partial charge in [0.1, 0.15) is 0 Å². The molecule has 0 aliphatic carbocycles. The average Bonchev–Trinajstić information content (AvgIpc) is 2.34. The van der Waals surface area contributed by atoms with Gasteiger partial charge in [-0.1, -0.05) is 35.0 Å². The molecule has 0 fully saturated rings. The number of nitrogens with two attached hydrogens (primary N) is 1. The van der Waals surface area contributed by atoms with E-state index in [0.717, 1.165) is 26.9 Å². The Bertz CT molecular complexity index is 556. The molecule has 2 N–H and O–H groups in total. The molecule has 2 aromatic rings. The maximum absolute atomic E-state index is 6.26. The van der Waals surface area contributed by atoms with Crippen molar-refractivity contribution in [2.24, 2.45) is 0 Å². The Balaban J connectivity index is 2.42. The third-order valence-corrected chi connectivity index (χ3v) is 4.74. The average molecular weight is 299 g/mol. The van der Waals surface area contributed by atoms with Crippen LogP contribution in [0.15, 0.2) is 34.1 Å². The third kappa shape index (κ3) is 2.74. The highest BCUT2D eigenvalue weighted by Gasteiger charge is 2.14. The molecule has 0 aliphatic rings. The van der Waals surface area contributed by atoms with Crippen LogP contribution in [0.1, 0.15) is 11.4 Å². The van der Waals surface area contributed by atoms with Gasteiger partial charge in [0.05, 0.1) is 26.3 Å². The highest BCUT2D eigenvalue weighted by atomic mass is 35.5. The van der Waals surface area contributed by atoms with Gasteiger partial charge in [-0.2, -0.15) is 0 Å². The summed E-state index contributed by atoms with van der Waals surface area (Å²) >= 11 is 14.0. The van der Waals surface area contributed by atoms with Crippen LogP contribution in [0.5, 0.6) is 0 Å². The van der Waals surface area contributed by atoms with Crippen molar-refractivity contribution in [2.75, 3.05) is 5.73 Å². The van der Waals surface area contributed by atoms with Crippen molar-refractivity contribution in [3.63, 3.8) is 0 Å². The fourth-order valence-electron chi connectivity index (χ4n) is 1.52. The second-order valence-electron chi connectivity index (χ2n) is 3.91. The van der Waals surface area contributed by atoms with Gasteiger partial charge in [-0.25, -0.2) is 0 Å². The van der Waals surface area contributed by atoms with E-state index < -0.39 is 0 Å². The summed E-state index contributed by atoms with van der Waals surface area (Å²) in [6, 6.07) is 7.59. The van der Waals surface area contributed by atoms with E-state index in [1.54, 1.807) is 0 Å². The lowest BCUT2D eigenvalue weighted by Gasteiger charge is -2.11. The Labute approximate surface area is 121 Å². The summed E-state index contributed by atoms with van der Waals surface area (Å²) in [5, 5.41) is 1.21. The maximum atomic E-state index is 6.26. The zero-order chi connectivity index (χ0) is 13.3. The minimum atomic E-state index is 0.604. The van der Waals surface area contributed by atoms with Crippen LogP contribution in [0.25, 0.3) is 0 Å². The Morgan fingerprint density at radius 2 is 1.50 bits per heavy atom. The number of hydrogen-bond donors (Lipinski definition) is 1. The van der Waals surface area contributed by atoms with Crippen LogP contribution in [0.3, 0.4) is 0 Å². The molecule has 0 amide bonds. The van der Waals surface area contributed by atoms with Gasteiger partial charge in [0.2, 0.25) is 0 Å². The molecule has 0 spiro atoms. The van der Waals surface area contributed by atoms with Gasteiger partial charge in [-0.3, -0.25) is 4.98 Å². The number of pyridine rings is 1. The topological polar surface area (TPSA) is 38.9 Å². The molecule has 2 rings (SSSR count). The van der Waals surface area contributed by atoms with Crippen LogP contribution in [0.2, 0.25) is 10.0 Å². The van der Waals surface area contributed by atoms with Crippen LogP contribution in [0.4, 0.5) is 5.69 Å². The van der Waals surface area contributed by atoms with Crippen LogP contribution in [-0.4, -0.2) is 4.98 Å². The molecule has 0 bridgehead atoms. The second kappa shape index (κ2) is 5.39. The number of anilines is 1. The number of halogens is 2. The zero-order valence-electron chi connectivity index (χ0n) is 10.00. The molecular formula is C13H12Cl2N2S. The van der Waals surface area contributed by atoms with E-state index in [4.69, 9.17) is 28.9 Å². The number of benzene rings is 1. The Hall–Kier alpha value is -0.900. The highest BCUT2D eigenvalue weighted by molar-refractivity contribution is 7.99. The molecule has 1 aromatic heterocycles. The van der Waals surface area contributed by atoms with Gasteiger partial charge in [-0.15, -0.1) is 0 Å². The largest absolute Gasteiger partial charge is 0.399 e. The van der Waals surface area contributed by atoms with E-state index >= 15 is 0 Å². The first kappa shape index (κ1) is 13.5. The predicted octanol–water partition coefficient (Wildman–Crippen LogP) is 4.74. The van der Waals surface area contributed by atoms with Crippen molar-refractivity contribution in [1.29, 1.82) is 0 Å². The minimum absolute atomic E-state index is 0.604. The quantitative estimate of drug-likeness (QED) is 0.814. The van der Waals surface area contributed by atoms with Crippen LogP contribution < -0.4 is 5.73 Å².